The lowest BCUT2D eigenvalue weighted by molar-refractivity contribution is -0.118. The van der Waals surface area contributed by atoms with Crippen LogP contribution < -0.4 is 10.6 Å². The van der Waals surface area contributed by atoms with Crippen molar-refractivity contribution in [3.8, 4) is 10.6 Å². The number of amides is 1. The van der Waals surface area contributed by atoms with Gasteiger partial charge in [0.15, 0.2) is 5.13 Å². The summed E-state index contributed by atoms with van der Waals surface area (Å²) < 4.78 is 1.07. The zero-order chi connectivity index (χ0) is 15.2. The molecule has 1 aliphatic carbocycles. The van der Waals surface area contributed by atoms with E-state index >= 15 is 0 Å². The molecule has 2 aromatic heterocycles. The van der Waals surface area contributed by atoms with Gasteiger partial charge in [-0.15, -0.1) is 22.7 Å². The molecule has 1 saturated carbocycles. The molecule has 1 amide bonds. The van der Waals surface area contributed by atoms with Crippen molar-refractivity contribution < 1.29 is 4.79 Å². The number of carbonyl (C=O) groups excluding carboxylic acids is 1. The van der Waals surface area contributed by atoms with Gasteiger partial charge < -0.3 is 10.6 Å². The monoisotopic (exact) mass is 397 g/mol. The van der Waals surface area contributed by atoms with Crippen LogP contribution in [0.25, 0.3) is 10.6 Å². The third kappa shape index (κ3) is 2.75. The Morgan fingerprint density at radius 3 is 2.91 bits per heavy atom. The summed E-state index contributed by atoms with van der Waals surface area (Å²) in [6, 6.07) is 2.05. The maximum atomic E-state index is 12.4. The van der Waals surface area contributed by atoms with Gasteiger partial charge in [0.05, 0.1) is 10.6 Å². The van der Waals surface area contributed by atoms with Crippen LogP contribution in [0.15, 0.2) is 21.3 Å². The van der Waals surface area contributed by atoms with E-state index in [1.165, 1.54) is 11.3 Å². The third-order valence-corrected chi connectivity index (χ3v) is 7.13. The van der Waals surface area contributed by atoms with Gasteiger partial charge in [0, 0.05) is 21.2 Å². The normalized spacial score (nSPS) is 22.7. The lowest BCUT2D eigenvalue weighted by Crippen LogP contribution is -2.31. The molecule has 4 nitrogen and oxygen atoms in total. The predicted octanol–water partition coefficient (Wildman–Crippen LogP) is 3.96. The molecule has 0 bridgehead atoms. The van der Waals surface area contributed by atoms with Gasteiger partial charge in [-0.2, -0.15) is 0 Å². The second-order valence-electron chi connectivity index (χ2n) is 6.03. The Labute approximate surface area is 145 Å². The Morgan fingerprint density at radius 1 is 1.36 bits per heavy atom. The number of thiophene rings is 1. The van der Waals surface area contributed by atoms with Crippen LogP contribution in [0.3, 0.4) is 0 Å². The van der Waals surface area contributed by atoms with Crippen molar-refractivity contribution in [1.29, 1.82) is 0 Å². The average molecular weight is 398 g/mol. The first kappa shape index (κ1) is 14.8. The Kier molecular flexibility index (Phi) is 3.84. The van der Waals surface area contributed by atoms with Crippen molar-refractivity contribution in [2.45, 2.75) is 19.3 Å². The fourth-order valence-electron chi connectivity index (χ4n) is 3.28. The van der Waals surface area contributed by atoms with Crippen molar-refractivity contribution in [3.05, 3.63) is 21.3 Å². The van der Waals surface area contributed by atoms with E-state index in [0.29, 0.717) is 5.13 Å². The SMILES string of the molecule is O=C(Nc1nc(-c2cc(Br)cs2)cs1)C1CC12CCNCC2. The standard InChI is InChI=1S/C15H16BrN3OS2/c16-9-5-12(21-7-9)11-8-22-14(18-11)19-13(20)10-6-15(10)1-3-17-4-2-15/h5,7-8,10,17H,1-4,6H2,(H,18,19,20). The minimum Gasteiger partial charge on any atom is -0.317 e. The first-order chi connectivity index (χ1) is 10.7. The number of hydrogen-bond donors (Lipinski definition) is 2. The van der Waals surface area contributed by atoms with Gasteiger partial charge in [0.1, 0.15) is 0 Å². The molecule has 1 saturated heterocycles. The van der Waals surface area contributed by atoms with E-state index in [4.69, 9.17) is 0 Å². The number of thiazole rings is 1. The number of nitrogens with one attached hydrogen (secondary N) is 2. The van der Waals surface area contributed by atoms with E-state index in [2.05, 4.69) is 37.6 Å². The van der Waals surface area contributed by atoms with Gasteiger partial charge in [-0.1, -0.05) is 0 Å². The van der Waals surface area contributed by atoms with Crippen LogP contribution in [0.4, 0.5) is 5.13 Å². The molecule has 2 aromatic rings. The van der Waals surface area contributed by atoms with E-state index in [1.54, 1.807) is 11.3 Å². The summed E-state index contributed by atoms with van der Waals surface area (Å²) in [5.74, 6) is 0.327. The highest BCUT2D eigenvalue weighted by molar-refractivity contribution is 9.10. The fourth-order valence-corrected chi connectivity index (χ4v) is 5.46. The maximum Gasteiger partial charge on any atom is 0.229 e. The summed E-state index contributed by atoms with van der Waals surface area (Å²) in [6.07, 6.45) is 3.28. The average Bonchev–Trinajstić information content (AvgIpc) is 2.89. The minimum atomic E-state index is 0.148. The van der Waals surface area contributed by atoms with Crippen molar-refractivity contribution in [2.75, 3.05) is 18.4 Å². The third-order valence-electron chi connectivity index (χ3n) is 4.66. The van der Waals surface area contributed by atoms with E-state index in [0.717, 1.165) is 47.4 Å². The Morgan fingerprint density at radius 2 is 2.18 bits per heavy atom. The minimum absolute atomic E-state index is 0.148. The second kappa shape index (κ2) is 5.70. The number of nitrogens with zero attached hydrogens (tertiary/aromatic N) is 1. The van der Waals surface area contributed by atoms with Crippen molar-refractivity contribution in [3.63, 3.8) is 0 Å². The zero-order valence-electron chi connectivity index (χ0n) is 11.9. The molecular formula is C15H16BrN3OS2. The molecule has 116 valence electrons. The molecule has 0 radical (unpaired) electrons. The number of hydrogen-bond acceptors (Lipinski definition) is 5. The van der Waals surface area contributed by atoms with Gasteiger partial charge in [-0.05, 0) is 59.8 Å². The number of piperidine rings is 1. The molecule has 2 fully saturated rings. The van der Waals surface area contributed by atoms with E-state index in [1.807, 2.05) is 10.8 Å². The summed E-state index contributed by atoms with van der Waals surface area (Å²) >= 11 is 6.60. The summed E-state index contributed by atoms with van der Waals surface area (Å²) in [5, 5.41) is 11.1. The summed E-state index contributed by atoms with van der Waals surface area (Å²) in [7, 11) is 0. The van der Waals surface area contributed by atoms with Crippen molar-refractivity contribution >= 4 is 49.6 Å². The van der Waals surface area contributed by atoms with E-state index in [9.17, 15) is 4.79 Å². The molecular weight excluding hydrogens is 382 g/mol. The molecule has 3 heterocycles. The van der Waals surface area contributed by atoms with Crippen LogP contribution in [0.2, 0.25) is 0 Å². The topological polar surface area (TPSA) is 54.0 Å². The highest BCUT2D eigenvalue weighted by Gasteiger charge is 2.57. The van der Waals surface area contributed by atoms with Crippen LogP contribution in [-0.4, -0.2) is 24.0 Å². The second-order valence-corrected chi connectivity index (χ2v) is 8.71. The van der Waals surface area contributed by atoms with E-state index in [-0.39, 0.29) is 17.2 Å². The van der Waals surface area contributed by atoms with Crippen LogP contribution in [0.1, 0.15) is 19.3 Å². The number of aromatic nitrogens is 1. The predicted molar refractivity (Wildman–Crippen MR) is 94.4 cm³/mol. The fraction of sp³-hybridized carbons (Fsp3) is 0.467. The molecule has 1 atom stereocenters. The molecule has 1 aliphatic heterocycles. The highest BCUT2D eigenvalue weighted by atomic mass is 79.9. The van der Waals surface area contributed by atoms with Crippen LogP contribution >= 0.6 is 38.6 Å². The van der Waals surface area contributed by atoms with Gasteiger partial charge in [-0.25, -0.2) is 4.98 Å². The van der Waals surface area contributed by atoms with Gasteiger partial charge >= 0.3 is 0 Å². The Hall–Kier alpha value is -0.760. The lowest BCUT2D eigenvalue weighted by Gasteiger charge is -2.22. The zero-order valence-corrected chi connectivity index (χ0v) is 15.1. The van der Waals surface area contributed by atoms with Gasteiger partial charge in [-0.3, -0.25) is 4.79 Å². The van der Waals surface area contributed by atoms with Crippen LogP contribution in [0, 0.1) is 11.3 Å². The molecule has 2 N–H and O–H groups in total. The van der Waals surface area contributed by atoms with Gasteiger partial charge in [0.2, 0.25) is 5.91 Å². The quantitative estimate of drug-likeness (QED) is 0.823. The first-order valence-electron chi connectivity index (χ1n) is 7.38. The van der Waals surface area contributed by atoms with Crippen LogP contribution in [-0.2, 0) is 4.79 Å². The smallest absolute Gasteiger partial charge is 0.229 e. The highest BCUT2D eigenvalue weighted by Crippen LogP contribution is 2.58. The van der Waals surface area contributed by atoms with Crippen molar-refractivity contribution in [1.82, 2.24) is 10.3 Å². The largest absolute Gasteiger partial charge is 0.317 e. The Bertz CT molecular complexity index is 705. The summed E-state index contributed by atoms with van der Waals surface area (Å²) in [5.41, 5.74) is 1.21. The van der Waals surface area contributed by atoms with Gasteiger partial charge in [0.25, 0.3) is 0 Å². The first-order valence-corrected chi connectivity index (χ1v) is 9.93. The molecule has 1 spiro atoms. The van der Waals surface area contributed by atoms with Crippen LogP contribution in [0.5, 0.6) is 0 Å². The summed E-state index contributed by atoms with van der Waals surface area (Å²) in [4.78, 5) is 18.1. The van der Waals surface area contributed by atoms with E-state index < -0.39 is 0 Å². The number of halogens is 1. The number of rotatable bonds is 3. The molecule has 22 heavy (non-hydrogen) atoms. The molecule has 2 aliphatic rings. The summed E-state index contributed by atoms with van der Waals surface area (Å²) in [6.45, 7) is 2.08. The molecule has 0 aromatic carbocycles. The van der Waals surface area contributed by atoms with Crippen molar-refractivity contribution in [2.24, 2.45) is 11.3 Å². The number of carbonyl (C=O) groups is 1. The number of anilines is 1. The molecule has 1 unspecified atom stereocenters. The maximum absolute atomic E-state index is 12.4. The molecule has 4 rings (SSSR count). The Balaban J connectivity index is 1.42. The molecule has 7 heteroatoms. The lowest BCUT2D eigenvalue weighted by atomic mass is 9.92.